The van der Waals surface area contributed by atoms with E-state index >= 15 is 0 Å². The van der Waals surface area contributed by atoms with Crippen molar-refractivity contribution in [3.05, 3.63) is 33.8 Å². The lowest BCUT2D eigenvalue weighted by Crippen LogP contribution is -1.99. The summed E-state index contributed by atoms with van der Waals surface area (Å²) in [6.07, 6.45) is 4.06. The van der Waals surface area contributed by atoms with Gasteiger partial charge in [-0.05, 0) is 28.4 Å². The van der Waals surface area contributed by atoms with Crippen molar-refractivity contribution < 1.29 is 0 Å². The van der Waals surface area contributed by atoms with Crippen LogP contribution in [0.3, 0.4) is 0 Å². The number of hydrogen-bond acceptors (Lipinski definition) is 4. The van der Waals surface area contributed by atoms with Crippen LogP contribution in [0.4, 0.5) is 0 Å². The molecule has 0 aliphatic heterocycles. The van der Waals surface area contributed by atoms with Crippen LogP contribution in [0.25, 0.3) is 11.6 Å². The number of aryl methyl sites for hydroxylation is 1. The van der Waals surface area contributed by atoms with Crippen molar-refractivity contribution in [2.45, 2.75) is 13.3 Å². The van der Waals surface area contributed by atoms with Crippen molar-refractivity contribution in [2.24, 2.45) is 0 Å². The molecule has 0 spiro atoms. The Kier molecular flexibility index (Phi) is 3.46. The fourth-order valence-electron chi connectivity index (χ4n) is 1.21. The predicted molar refractivity (Wildman–Crippen MR) is 65.1 cm³/mol. The van der Waals surface area contributed by atoms with Crippen LogP contribution in [0.2, 0.25) is 5.15 Å². The predicted octanol–water partition coefficient (Wildman–Crippen LogP) is 2.91. The van der Waals surface area contributed by atoms with E-state index in [0.29, 0.717) is 16.8 Å². The van der Waals surface area contributed by atoms with E-state index in [1.807, 2.05) is 6.92 Å². The van der Waals surface area contributed by atoms with Crippen molar-refractivity contribution in [1.82, 2.24) is 19.9 Å². The number of nitrogens with zero attached hydrogens (tertiary/aromatic N) is 4. The van der Waals surface area contributed by atoms with E-state index in [0.717, 1.165) is 16.6 Å². The largest absolute Gasteiger partial charge is 0.234 e. The van der Waals surface area contributed by atoms with E-state index in [2.05, 4.69) is 35.9 Å². The third-order valence-electron chi connectivity index (χ3n) is 1.98. The average molecular weight is 300 g/mol. The van der Waals surface area contributed by atoms with Crippen LogP contribution in [-0.4, -0.2) is 19.9 Å². The van der Waals surface area contributed by atoms with Gasteiger partial charge < -0.3 is 0 Å². The van der Waals surface area contributed by atoms with Gasteiger partial charge in [-0.2, -0.15) is 0 Å². The highest BCUT2D eigenvalue weighted by Crippen LogP contribution is 2.25. The van der Waals surface area contributed by atoms with Gasteiger partial charge in [-0.1, -0.05) is 18.5 Å². The maximum atomic E-state index is 5.99. The van der Waals surface area contributed by atoms with Gasteiger partial charge >= 0.3 is 0 Å². The Balaban J connectivity index is 2.55. The Morgan fingerprint density at radius 2 is 1.88 bits per heavy atom. The normalized spacial score (nSPS) is 10.4. The zero-order chi connectivity index (χ0) is 11.5. The lowest BCUT2D eigenvalue weighted by atomic mass is 10.3. The zero-order valence-corrected chi connectivity index (χ0v) is 10.8. The quantitative estimate of drug-likeness (QED) is 0.800. The molecule has 16 heavy (non-hydrogen) atoms. The first kappa shape index (κ1) is 11.4. The highest BCUT2D eigenvalue weighted by Gasteiger charge is 2.11. The maximum Gasteiger partial charge on any atom is 0.199 e. The molecule has 2 aromatic heterocycles. The summed E-state index contributed by atoms with van der Waals surface area (Å²) < 4.78 is 0.733. The molecule has 0 unspecified atom stereocenters. The van der Waals surface area contributed by atoms with Crippen LogP contribution in [0.5, 0.6) is 0 Å². The molecule has 0 atom stereocenters. The summed E-state index contributed by atoms with van der Waals surface area (Å²) in [5.74, 6) is 0.928. The number of hydrogen-bond donors (Lipinski definition) is 0. The van der Waals surface area contributed by atoms with Gasteiger partial charge in [-0.3, -0.25) is 0 Å². The molecular weight excluding hydrogens is 291 g/mol. The molecule has 0 saturated carbocycles. The fourth-order valence-corrected chi connectivity index (χ4v) is 1.86. The second-order valence-electron chi connectivity index (χ2n) is 3.02. The first-order valence-corrected chi connectivity index (χ1v) is 5.88. The summed E-state index contributed by atoms with van der Waals surface area (Å²) in [5.41, 5.74) is 0.849. The molecule has 2 rings (SSSR count). The number of aromatic nitrogens is 4. The summed E-state index contributed by atoms with van der Waals surface area (Å²) in [6.45, 7) is 2.00. The summed E-state index contributed by atoms with van der Waals surface area (Å²) in [5, 5.41) is 0.384. The van der Waals surface area contributed by atoms with E-state index in [-0.39, 0.29) is 0 Å². The Morgan fingerprint density at radius 3 is 2.50 bits per heavy atom. The fraction of sp³-hybridized carbons (Fsp3) is 0.200. The molecule has 0 radical (unpaired) electrons. The van der Waals surface area contributed by atoms with Crippen LogP contribution in [0.1, 0.15) is 12.6 Å². The molecule has 4 nitrogen and oxygen atoms in total. The lowest BCUT2D eigenvalue weighted by molar-refractivity contribution is 0.971. The van der Waals surface area contributed by atoms with E-state index in [4.69, 9.17) is 11.6 Å². The zero-order valence-electron chi connectivity index (χ0n) is 8.48. The highest BCUT2D eigenvalue weighted by atomic mass is 79.9. The second-order valence-corrected chi connectivity index (χ2v) is 4.18. The topological polar surface area (TPSA) is 51.6 Å². The van der Waals surface area contributed by atoms with Crippen LogP contribution >= 0.6 is 27.5 Å². The first-order chi connectivity index (χ1) is 7.72. The standard InChI is InChI=1S/C10H8BrClN4/c1-2-6-7(11)8(12)16-10(15-6)9-13-4-3-5-14-9/h3-5H,2H2,1H3. The van der Waals surface area contributed by atoms with Crippen molar-refractivity contribution in [3.8, 4) is 11.6 Å². The van der Waals surface area contributed by atoms with Gasteiger partial charge in [-0.15, -0.1) is 0 Å². The molecule has 0 bridgehead atoms. The lowest BCUT2D eigenvalue weighted by Gasteiger charge is -2.05. The van der Waals surface area contributed by atoms with Crippen LogP contribution in [0, 0.1) is 0 Å². The molecule has 2 heterocycles. The van der Waals surface area contributed by atoms with E-state index < -0.39 is 0 Å². The number of rotatable bonds is 2. The van der Waals surface area contributed by atoms with Gasteiger partial charge in [0.15, 0.2) is 11.6 Å². The van der Waals surface area contributed by atoms with Gasteiger partial charge in [0.1, 0.15) is 5.15 Å². The first-order valence-electron chi connectivity index (χ1n) is 4.71. The molecular formula is C10H8BrClN4. The molecule has 2 aromatic rings. The van der Waals surface area contributed by atoms with E-state index in [1.165, 1.54) is 0 Å². The highest BCUT2D eigenvalue weighted by molar-refractivity contribution is 9.10. The molecule has 0 N–H and O–H groups in total. The minimum atomic E-state index is 0.384. The Morgan fingerprint density at radius 1 is 1.19 bits per heavy atom. The molecule has 0 aromatic carbocycles. The second kappa shape index (κ2) is 4.84. The van der Waals surface area contributed by atoms with Crippen molar-refractivity contribution >= 4 is 27.5 Å². The Hall–Kier alpha value is -1.07. The van der Waals surface area contributed by atoms with Gasteiger partial charge in [0, 0.05) is 12.4 Å². The van der Waals surface area contributed by atoms with Crippen LogP contribution in [0.15, 0.2) is 22.9 Å². The maximum absolute atomic E-state index is 5.99. The smallest absolute Gasteiger partial charge is 0.199 e. The Labute approximate surface area is 106 Å². The summed E-state index contributed by atoms with van der Waals surface area (Å²) in [7, 11) is 0. The SMILES string of the molecule is CCc1nc(-c2ncccn2)nc(Cl)c1Br. The van der Waals surface area contributed by atoms with Gasteiger partial charge in [0.05, 0.1) is 10.2 Å². The monoisotopic (exact) mass is 298 g/mol. The molecule has 0 amide bonds. The van der Waals surface area contributed by atoms with Crippen molar-refractivity contribution in [2.75, 3.05) is 0 Å². The minimum Gasteiger partial charge on any atom is -0.234 e. The minimum absolute atomic E-state index is 0.384. The van der Waals surface area contributed by atoms with E-state index in [1.54, 1.807) is 18.5 Å². The number of halogens is 2. The third-order valence-corrected chi connectivity index (χ3v) is 3.32. The molecule has 6 heteroatoms. The van der Waals surface area contributed by atoms with Crippen molar-refractivity contribution in [3.63, 3.8) is 0 Å². The van der Waals surface area contributed by atoms with Crippen LogP contribution in [-0.2, 0) is 6.42 Å². The van der Waals surface area contributed by atoms with Crippen LogP contribution < -0.4 is 0 Å². The van der Waals surface area contributed by atoms with Gasteiger partial charge in [0.2, 0.25) is 0 Å². The molecule has 82 valence electrons. The molecule has 0 saturated heterocycles. The molecule has 0 aliphatic carbocycles. The van der Waals surface area contributed by atoms with Gasteiger partial charge in [0.25, 0.3) is 0 Å². The Bertz CT molecular complexity index is 504. The molecule has 0 fully saturated rings. The summed E-state index contributed by atoms with van der Waals surface area (Å²) in [4.78, 5) is 16.7. The third kappa shape index (κ3) is 2.20. The molecule has 0 aliphatic rings. The summed E-state index contributed by atoms with van der Waals surface area (Å²) in [6, 6.07) is 1.74. The summed E-state index contributed by atoms with van der Waals surface area (Å²) >= 11 is 9.34. The average Bonchev–Trinajstić information content (AvgIpc) is 2.33. The van der Waals surface area contributed by atoms with E-state index in [9.17, 15) is 0 Å². The van der Waals surface area contributed by atoms with Crippen molar-refractivity contribution in [1.29, 1.82) is 0 Å². The van der Waals surface area contributed by atoms with Gasteiger partial charge in [-0.25, -0.2) is 19.9 Å².